The molecule has 2 aliphatic heterocycles. The highest BCUT2D eigenvalue weighted by Gasteiger charge is 2.36. The summed E-state index contributed by atoms with van der Waals surface area (Å²) in [6.07, 6.45) is 0.819. The van der Waals surface area contributed by atoms with Gasteiger partial charge in [-0.1, -0.05) is 0 Å². The summed E-state index contributed by atoms with van der Waals surface area (Å²) in [5.41, 5.74) is -0.362. The second-order valence-corrected chi connectivity index (χ2v) is 8.26. The molecule has 1 unspecified atom stereocenters. The van der Waals surface area contributed by atoms with E-state index in [0.29, 0.717) is 38.2 Å². The Hall–Kier alpha value is -4.29. The summed E-state index contributed by atoms with van der Waals surface area (Å²) in [4.78, 5) is 69.3. The maximum atomic E-state index is 13.0. The van der Waals surface area contributed by atoms with Gasteiger partial charge in [-0.2, -0.15) is 4.98 Å². The van der Waals surface area contributed by atoms with Crippen molar-refractivity contribution >= 4 is 40.9 Å². The van der Waals surface area contributed by atoms with Gasteiger partial charge in [0.25, 0.3) is 11.2 Å². The van der Waals surface area contributed by atoms with Crippen LogP contribution in [0, 0.1) is 16.0 Å². The maximum Gasteiger partial charge on any atom is 0.309 e. The molecule has 13 nitrogen and oxygen atoms in total. The molecule has 2 amide bonds. The summed E-state index contributed by atoms with van der Waals surface area (Å²) in [7, 11) is 0. The monoisotopic (exact) mass is 484 g/mol. The number of H-pyrrole nitrogens is 1. The van der Waals surface area contributed by atoms with E-state index in [1.54, 1.807) is 6.92 Å². The standard InChI is InChI=1S/C22H24N6O7/c1-2-35-21(32)12-7-9-27(10-8-12)22-25-18-17(20(31)26-22)15(11-16(29)24-18)19(30)23-13-3-5-14(6-4-13)28(33)34/h3-6,12,15H,2,7-11H2,1H3,(H,23,30)(H2,24,25,26,29,31). The predicted molar refractivity (Wildman–Crippen MR) is 124 cm³/mol. The van der Waals surface area contributed by atoms with Crippen LogP contribution in [-0.2, 0) is 19.1 Å². The first-order valence-corrected chi connectivity index (χ1v) is 11.2. The molecule has 0 spiro atoms. The van der Waals surface area contributed by atoms with E-state index in [4.69, 9.17) is 4.74 Å². The van der Waals surface area contributed by atoms with Crippen molar-refractivity contribution < 1.29 is 24.0 Å². The Morgan fingerprint density at radius 2 is 1.91 bits per heavy atom. The number of esters is 1. The Bertz CT molecular complexity index is 1220. The summed E-state index contributed by atoms with van der Waals surface area (Å²) >= 11 is 0. The van der Waals surface area contributed by atoms with Gasteiger partial charge in [0.2, 0.25) is 17.8 Å². The van der Waals surface area contributed by atoms with Crippen molar-refractivity contribution in [2.24, 2.45) is 5.92 Å². The van der Waals surface area contributed by atoms with Gasteiger partial charge in [-0.25, -0.2) is 0 Å². The van der Waals surface area contributed by atoms with E-state index in [1.165, 1.54) is 24.3 Å². The SMILES string of the molecule is CCOC(=O)C1CCN(c2nc3c(c(=O)[nH]2)C(C(=O)Nc2ccc([N+](=O)[O-])cc2)CC(=O)N3)CC1. The first kappa shape index (κ1) is 23.9. The minimum atomic E-state index is -1.09. The number of nitro benzene ring substituents is 1. The lowest BCUT2D eigenvalue weighted by Crippen LogP contribution is -2.41. The van der Waals surface area contributed by atoms with Gasteiger partial charge in [0, 0.05) is 37.3 Å². The zero-order valence-corrected chi connectivity index (χ0v) is 18.9. The van der Waals surface area contributed by atoms with Crippen molar-refractivity contribution in [2.75, 3.05) is 35.2 Å². The topological polar surface area (TPSA) is 177 Å². The summed E-state index contributed by atoms with van der Waals surface area (Å²) in [5.74, 6) is -2.37. The summed E-state index contributed by atoms with van der Waals surface area (Å²) in [6.45, 7) is 2.99. The fourth-order valence-corrected chi connectivity index (χ4v) is 4.22. The van der Waals surface area contributed by atoms with Crippen molar-refractivity contribution in [3.8, 4) is 0 Å². The number of hydrogen-bond acceptors (Lipinski definition) is 9. The first-order chi connectivity index (χ1) is 16.8. The van der Waals surface area contributed by atoms with Crippen LogP contribution in [0.15, 0.2) is 29.1 Å². The van der Waals surface area contributed by atoms with Crippen LogP contribution in [0.25, 0.3) is 0 Å². The molecular weight excluding hydrogens is 460 g/mol. The van der Waals surface area contributed by atoms with Crippen LogP contribution in [0.4, 0.5) is 23.1 Å². The number of hydrogen-bond donors (Lipinski definition) is 3. The molecule has 2 aliphatic rings. The lowest BCUT2D eigenvalue weighted by Gasteiger charge is -2.32. The fourth-order valence-electron chi connectivity index (χ4n) is 4.22. The Kier molecular flexibility index (Phi) is 6.75. The van der Waals surface area contributed by atoms with Crippen LogP contribution in [0.5, 0.6) is 0 Å². The molecule has 3 N–H and O–H groups in total. The minimum Gasteiger partial charge on any atom is -0.466 e. The summed E-state index contributed by atoms with van der Waals surface area (Å²) in [5, 5.41) is 16.0. The zero-order valence-electron chi connectivity index (χ0n) is 18.9. The predicted octanol–water partition coefficient (Wildman–Crippen LogP) is 1.52. The molecule has 1 atom stereocenters. The molecular formula is C22H24N6O7. The number of benzene rings is 1. The van der Waals surface area contributed by atoms with E-state index in [9.17, 15) is 29.3 Å². The Labute approximate surface area is 199 Å². The van der Waals surface area contributed by atoms with Crippen LogP contribution < -0.4 is 21.1 Å². The number of rotatable bonds is 6. The Morgan fingerprint density at radius 1 is 1.23 bits per heavy atom. The molecule has 1 saturated heterocycles. The van der Waals surface area contributed by atoms with Crippen molar-refractivity contribution in [3.05, 3.63) is 50.3 Å². The first-order valence-electron chi connectivity index (χ1n) is 11.2. The third-order valence-corrected chi connectivity index (χ3v) is 6.02. The highest BCUT2D eigenvalue weighted by molar-refractivity contribution is 6.04. The number of amides is 2. The highest BCUT2D eigenvalue weighted by atomic mass is 16.6. The smallest absolute Gasteiger partial charge is 0.309 e. The van der Waals surface area contributed by atoms with Crippen molar-refractivity contribution in [1.29, 1.82) is 0 Å². The van der Waals surface area contributed by atoms with Crippen LogP contribution >= 0.6 is 0 Å². The van der Waals surface area contributed by atoms with Gasteiger partial charge >= 0.3 is 5.97 Å². The third-order valence-electron chi connectivity index (χ3n) is 6.02. The molecule has 4 rings (SSSR count). The summed E-state index contributed by atoms with van der Waals surface area (Å²) in [6, 6.07) is 5.21. The van der Waals surface area contributed by atoms with Crippen molar-refractivity contribution in [2.45, 2.75) is 32.1 Å². The molecule has 1 aromatic heterocycles. The number of non-ortho nitro benzene ring substituents is 1. The number of anilines is 3. The number of ether oxygens (including phenoxy) is 1. The van der Waals surface area contributed by atoms with Gasteiger partial charge in [0.15, 0.2) is 0 Å². The molecule has 13 heteroatoms. The van der Waals surface area contributed by atoms with Crippen LogP contribution in [0.1, 0.15) is 37.7 Å². The maximum absolute atomic E-state index is 13.0. The van der Waals surface area contributed by atoms with Crippen molar-refractivity contribution in [1.82, 2.24) is 9.97 Å². The van der Waals surface area contributed by atoms with Gasteiger partial charge in [-0.15, -0.1) is 0 Å². The number of aromatic amines is 1. The van der Waals surface area contributed by atoms with Gasteiger partial charge in [-0.05, 0) is 31.9 Å². The molecule has 35 heavy (non-hydrogen) atoms. The van der Waals surface area contributed by atoms with Gasteiger partial charge < -0.3 is 20.3 Å². The average molecular weight is 484 g/mol. The van der Waals surface area contributed by atoms with E-state index in [-0.39, 0.29) is 41.3 Å². The largest absolute Gasteiger partial charge is 0.466 e. The number of fused-ring (bicyclic) bond motifs is 1. The van der Waals surface area contributed by atoms with Crippen LogP contribution in [0.2, 0.25) is 0 Å². The number of carbonyl (C=O) groups excluding carboxylic acids is 3. The Balaban J connectivity index is 1.52. The van der Waals surface area contributed by atoms with E-state index < -0.39 is 28.2 Å². The molecule has 3 heterocycles. The average Bonchev–Trinajstić information content (AvgIpc) is 2.83. The molecule has 184 valence electrons. The van der Waals surface area contributed by atoms with Gasteiger partial charge in [-0.3, -0.25) is 34.3 Å². The molecule has 1 fully saturated rings. The number of aromatic nitrogens is 2. The molecule has 0 bridgehead atoms. The summed E-state index contributed by atoms with van der Waals surface area (Å²) < 4.78 is 5.07. The van der Waals surface area contributed by atoms with Gasteiger partial charge in [0.1, 0.15) is 5.82 Å². The number of nitrogens with zero attached hydrogens (tertiary/aromatic N) is 3. The lowest BCUT2D eigenvalue weighted by molar-refractivity contribution is -0.384. The normalized spacial score (nSPS) is 17.8. The van der Waals surface area contributed by atoms with Crippen LogP contribution in [-0.4, -0.2) is 52.4 Å². The second-order valence-electron chi connectivity index (χ2n) is 8.26. The number of nitro groups is 1. The molecule has 0 saturated carbocycles. The second kappa shape index (κ2) is 9.91. The number of nitrogens with one attached hydrogen (secondary N) is 3. The molecule has 0 radical (unpaired) electrons. The van der Waals surface area contributed by atoms with E-state index >= 15 is 0 Å². The molecule has 1 aromatic carbocycles. The minimum absolute atomic E-state index is 0.0105. The lowest BCUT2D eigenvalue weighted by atomic mass is 9.92. The molecule has 2 aromatic rings. The quantitative estimate of drug-likeness (QED) is 0.312. The zero-order chi connectivity index (χ0) is 25.1. The number of piperidine rings is 1. The van der Waals surface area contributed by atoms with E-state index in [1.807, 2.05) is 4.90 Å². The fraction of sp³-hybridized carbons (Fsp3) is 0.409. The van der Waals surface area contributed by atoms with E-state index in [0.717, 1.165) is 0 Å². The molecule has 0 aliphatic carbocycles. The highest BCUT2D eigenvalue weighted by Crippen LogP contribution is 2.31. The van der Waals surface area contributed by atoms with Crippen LogP contribution in [0.3, 0.4) is 0 Å². The Morgan fingerprint density at radius 3 is 2.54 bits per heavy atom. The third kappa shape index (κ3) is 5.13. The van der Waals surface area contributed by atoms with E-state index in [2.05, 4.69) is 20.6 Å². The van der Waals surface area contributed by atoms with Gasteiger partial charge in [0.05, 0.1) is 28.9 Å². The number of carbonyl (C=O) groups is 3. The van der Waals surface area contributed by atoms with Crippen molar-refractivity contribution in [3.63, 3.8) is 0 Å².